The van der Waals surface area contributed by atoms with Crippen LogP contribution in [0.3, 0.4) is 0 Å². The van der Waals surface area contributed by atoms with Gasteiger partial charge in [-0.1, -0.05) is 18.2 Å². The number of carbonyl (C=O) groups excluding carboxylic acids is 2. The van der Waals surface area contributed by atoms with Crippen LogP contribution in [0, 0.1) is 6.92 Å². The summed E-state index contributed by atoms with van der Waals surface area (Å²) in [5.41, 5.74) is 1.99. The number of ether oxygens (including phenoxy) is 1. The molecule has 1 fully saturated rings. The summed E-state index contributed by atoms with van der Waals surface area (Å²) in [7, 11) is -3.75. The maximum absolute atomic E-state index is 13.0. The number of hydrogen-bond acceptors (Lipinski definition) is 6. The summed E-state index contributed by atoms with van der Waals surface area (Å²) in [6.07, 6.45) is 0.553. The molecular weight excluding hydrogens is 424 g/mol. The molecule has 1 atom stereocenters. The smallest absolute Gasteiger partial charge is 0.350 e. The van der Waals surface area contributed by atoms with Crippen LogP contribution in [0.4, 0.5) is 0 Å². The van der Waals surface area contributed by atoms with E-state index in [4.69, 9.17) is 4.74 Å². The topological polar surface area (TPSA) is 96.5 Å². The first-order valence-electron chi connectivity index (χ1n) is 9.71. The summed E-state index contributed by atoms with van der Waals surface area (Å²) in [5, 5.41) is 2.31. The minimum absolute atomic E-state index is 0.00259. The normalized spacial score (nSPS) is 16.1. The second kappa shape index (κ2) is 7.98. The van der Waals surface area contributed by atoms with Crippen LogP contribution in [0.1, 0.15) is 45.5 Å². The molecule has 7 nitrogen and oxygen atoms in total. The third-order valence-electron chi connectivity index (χ3n) is 5.29. The van der Waals surface area contributed by atoms with E-state index < -0.39 is 22.1 Å². The molecule has 9 heteroatoms. The van der Waals surface area contributed by atoms with Crippen molar-refractivity contribution in [3.05, 3.63) is 51.8 Å². The van der Waals surface area contributed by atoms with Crippen LogP contribution in [0.2, 0.25) is 0 Å². The molecule has 0 spiro atoms. The molecule has 1 unspecified atom stereocenters. The van der Waals surface area contributed by atoms with Gasteiger partial charge >= 0.3 is 5.97 Å². The quantitative estimate of drug-likeness (QED) is 0.459. The number of aryl methyl sites for hydroxylation is 1. The van der Waals surface area contributed by atoms with Crippen molar-refractivity contribution in [3.63, 3.8) is 0 Å². The second-order valence-corrected chi connectivity index (χ2v) is 10.1. The molecule has 1 saturated heterocycles. The lowest BCUT2D eigenvalue weighted by Crippen LogP contribution is -2.29. The first kappa shape index (κ1) is 20.8. The number of H-pyrrole nitrogens is 1. The van der Waals surface area contributed by atoms with Crippen LogP contribution >= 0.6 is 11.3 Å². The fourth-order valence-electron chi connectivity index (χ4n) is 3.78. The van der Waals surface area contributed by atoms with Gasteiger partial charge in [0.1, 0.15) is 9.77 Å². The Labute approximate surface area is 178 Å². The zero-order chi connectivity index (χ0) is 21.5. The Kier molecular flexibility index (Phi) is 5.52. The number of aromatic amines is 1. The number of sulfonamides is 1. The molecule has 1 aliphatic heterocycles. The van der Waals surface area contributed by atoms with Gasteiger partial charge in [0, 0.05) is 35.2 Å². The molecule has 1 aliphatic rings. The number of esters is 1. The van der Waals surface area contributed by atoms with Crippen molar-refractivity contribution < 1.29 is 22.7 Å². The Morgan fingerprint density at radius 1 is 1.17 bits per heavy atom. The van der Waals surface area contributed by atoms with E-state index in [1.807, 2.05) is 24.3 Å². The van der Waals surface area contributed by atoms with E-state index in [0.29, 0.717) is 24.3 Å². The average molecular weight is 447 g/mol. The number of aromatic nitrogens is 1. The summed E-state index contributed by atoms with van der Waals surface area (Å²) >= 11 is 1.00. The van der Waals surface area contributed by atoms with Gasteiger partial charge in [0.2, 0.25) is 15.8 Å². The lowest BCUT2D eigenvalue weighted by molar-refractivity contribution is 0.0320. The highest BCUT2D eigenvalue weighted by Gasteiger charge is 2.33. The van der Waals surface area contributed by atoms with Crippen LogP contribution in [0.25, 0.3) is 10.9 Å². The summed E-state index contributed by atoms with van der Waals surface area (Å²) in [6, 6.07) is 8.84. The van der Waals surface area contributed by atoms with Gasteiger partial charge in [-0.3, -0.25) is 4.79 Å². The predicted octanol–water partition coefficient (Wildman–Crippen LogP) is 3.75. The molecule has 0 aliphatic carbocycles. The van der Waals surface area contributed by atoms with Crippen molar-refractivity contribution in [2.45, 2.75) is 37.7 Å². The molecule has 3 aromatic rings. The van der Waals surface area contributed by atoms with Gasteiger partial charge in [0.15, 0.2) is 6.10 Å². The summed E-state index contributed by atoms with van der Waals surface area (Å²) in [5.74, 6) is -1.14. The summed E-state index contributed by atoms with van der Waals surface area (Å²) in [4.78, 5) is 28.9. The van der Waals surface area contributed by atoms with Crippen molar-refractivity contribution in [3.8, 4) is 0 Å². The molecule has 0 radical (unpaired) electrons. The molecule has 2 aromatic heterocycles. The fraction of sp³-hybridized carbons (Fsp3) is 0.333. The zero-order valence-corrected chi connectivity index (χ0v) is 18.3. The van der Waals surface area contributed by atoms with Gasteiger partial charge in [-0.25, -0.2) is 13.2 Å². The Morgan fingerprint density at radius 2 is 1.87 bits per heavy atom. The van der Waals surface area contributed by atoms with Crippen LogP contribution in [-0.4, -0.2) is 48.7 Å². The molecule has 0 amide bonds. The summed E-state index contributed by atoms with van der Waals surface area (Å²) < 4.78 is 32.5. The number of Topliss-reactive ketones (excluding diaryl/α,β-unsaturated/α-hetero) is 1. The highest BCUT2D eigenvalue weighted by molar-refractivity contribution is 7.89. The lowest BCUT2D eigenvalue weighted by Gasteiger charge is -2.16. The zero-order valence-electron chi connectivity index (χ0n) is 16.7. The Balaban J connectivity index is 1.57. The van der Waals surface area contributed by atoms with Crippen LogP contribution < -0.4 is 0 Å². The molecule has 1 N–H and O–H groups in total. The van der Waals surface area contributed by atoms with Gasteiger partial charge in [-0.15, -0.1) is 11.3 Å². The molecule has 3 heterocycles. The molecule has 30 heavy (non-hydrogen) atoms. The average Bonchev–Trinajstić information content (AvgIpc) is 3.45. The van der Waals surface area contributed by atoms with Gasteiger partial charge in [-0.05, 0) is 44.2 Å². The second-order valence-electron chi connectivity index (χ2n) is 7.31. The monoisotopic (exact) mass is 446 g/mol. The Morgan fingerprint density at radius 3 is 2.60 bits per heavy atom. The van der Waals surface area contributed by atoms with Crippen molar-refractivity contribution in [2.75, 3.05) is 13.1 Å². The van der Waals surface area contributed by atoms with Gasteiger partial charge in [0.25, 0.3) is 0 Å². The van der Waals surface area contributed by atoms with Gasteiger partial charge < -0.3 is 9.72 Å². The minimum Gasteiger partial charge on any atom is -0.450 e. The number of thiophene rings is 1. The molecule has 0 saturated carbocycles. The molecule has 158 valence electrons. The van der Waals surface area contributed by atoms with E-state index in [1.165, 1.54) is 17.3 Å². The van der Waals surface area contributed by atoms with Crippen molar-refractivity contribution >= 4 is 44.0 Å². The molecule has 0 bridgehead atoms. The summed E-state index contributed by atoms with van der Waals surface area (Å²) in [6.45, 7) is 4.19. The lowest BCUT2D eigenvalue weighted by atomic mass is 10.0. The Bertz CT molecular complexity index is 1220. The number of ketones is 1. The highest BCUT2D eigenvalue weighted by atomic mass is 32.2. The largest absolute Gasteiger partial charge is 0.450 e. The first-order valence-corrected chi connectivity index (χ1v) is 12.0. The van der Waals surface area contributed by atoms with Gasteiger partial charge in [0.05, 0.1) is 0 Å². The SMILES string of the molecule is Cc1[nH]c2ccccc2c1C(=O)C(C)OC(=O)c1sccc1S(=O)(=O)N1CCCC1. The van der Waals surface area contributed by atoms with Crippen molar-refractivity contribution in [1.29, 1.82) is 0 Å². The van der Waals surface area contributed by atoms with E-state index in [1.54, 1.807) is 12.3 Å². The van der Waals surface area contributed by atoms with E-state index in [9.17, 15) is 18.0 Å². The molecule has 4 rings (SSSR count). The third kappa shape index (κ3) is 3.57. The third-order valence-corrected chi connectivity index (χ3v) is 8.26. The van der Waals surface area contributed by atoms with Crippen LogP contribution in [0.5, 0.6) is 0 Å². The van der Waals surface area contributed by atoms with Crippen LogP contribution in [-0.2, 0) is 14.8 Å². The maximum Gasteiger partial charge on any atom is 0.350 e. The van der Waals surface area contributed by atoms with E-state index in [-0.39, 0.29) is 15.6 Å². The number of para-hydroxylation sites is 1. The standard InChI is InChI=1S/C21H22N2O5S2/c1-13-18(15-7-3-4-8-16(15)22-13)19(24)14(2)28-21(25)20-17(9-12-29-20)30(26,27)23-10-5-6-11-23/h3-4,7-9,12,14,22H,5-6,10-11H2,1-2H3. The fourth-order valence-corrected chi connectivity index (χ4v) is 6.57. The number of benzene rings is 1. The molecular formula is C21H22N2O5S2. The number of fused-ring (bicyclic) bond motifs is 1. The maximum atomic E-state index is 13.0. The predicted molar refractivity (Wildman–Crippen MR) is 115 cm³/mol. The van der Waals surface area contributed by atoms with Crippen molar-refractivity contribution in [1.82, 2.24) is 9.29 Å². The van der Waals surface area contributed by atoms with E-state index in [0.717, 1.165) is 35.1 Å². The number of hydrogen-bond donors (Lipinski definition) is 1. The van der Waals surface area contributed by atoms with Crippen LogP contribution in [0.15, 0.2) is 40.6 Å². The number of rotatable bonds is 6. The first-order chi connectivity index (χ1) is 14.3. The minimum atomic E-state index is -3.75. The highest BCUT2D eigenvalue weighted by Crippen LogP contribution is 2.29. The van der Waals surface area contributed by atoms with Gasteiger partial charge in [-0.2, -0.15) is 4.31 Å². The van der Waals surface area contributed by atoms with Crippen molar-refractivity contribution in [2.24, 2.45) is 0 Å². The number of nitrogens with one attached hydrogen (secondary N) is 1. The van der Waals surface area contributed by atoms with E-state index >= 15 is 0 Å². The van der Waals surface area contributed by atoms with E-state index in [2.05, 4.69) is 4.98 Å². The number of carbonyl (C=O) groups is 2. The Hall–Kier alpha value is -2.49. The molecule has 1 aromatic carbocycles. The number of nitrogens with zero attached hydrogens (tertiary/aromatic N) is 1.